The lowest BCUT2D eigenvalue weighted by atomic mass is 10.1. The van der Waals surface area contributed by atoms with E-state index in [0.29, 0.717) is 6.54 Å². The van der Waals surface area contributed by atoms with Gasteiger partial charge in [-0.05, 0) is 25.0 Å². The molecule has 2 heterocycles. The molecular weight excluding hydrogens is 476 g/mol. The number of H-pyrrole nitrogens is 1. The number of nitrogens with zero attached hydrogens (tertiary/aromatic N) is 2. The van der Waals surface area contributed by atoms with E-state index in [0.717, 1.165) is 29.6 Å². The number of rotatable bonds is 4. The molecule has 0 amide bonds. The van der Waals surface area contributed by atoms with E-state index in [9.17, 15) is 26.3 Å². The minimum Gasteiger partial charge on any atom is -0.475 e. The van der Waals surface area contributed by atoms with Gasteiger partial charge in [0, 0.05) is 29.0 Å². The maximum Gasteiger partial charge on any atom is 0.490 e. The van der Waals surface area contributed by atoms with Crippen LogP contribution in [-0.2, 0) is 16.0 Å². The summed E-state index contributed by atoms with van der Waals surface area (Å²) in [5.74, 6) is -5.37. The maximum atomic E-state index is 10.6. The van der Waals surface area contributed by atoms with Crippen LogP contribution in [0, 0.1) is 0 Å². The van der Waals surface area contributed by atoms with Crippen molar-refractivity contribution in [2.24, 2.45) is 16.5 Å². The van der Waals surface area contributed by atoms with Crippen molar-refractivity contribution < 1.29 is 46.1 Å². The van der Waals surface area contributed by atoms with Crippen molar-refractivity contribution in [3.8, 4) is 0 Å². The molecule has 2 aromatic heterocycles. The summed E-state index contributed by atoms with van der Waals surface area (Å²) in [6.45, 7) is 0.626. The fraction of sp³-hybridized carbons (Fsp3) is 0.263. The first kappa shape index (κ1) is 28.0. The van der Waals surface area contributed by atoms with Crippen molar-refractivity contribution in [2.75, 3.05) is 6.54 Å². The van der Waals surface area contributed by atoms with Crippen LogP contribution in [0.2, 0.25) is 0 Å². The molecule has 9 nitrogen and oxygen atoms in total. The number of carbonyl (C=O) groups is 2. The molecule has 0 saturated heterocycles. The van der Waals surface area contributed by atoms with Crippen molar-refractivity contribution in [1.82, 2.24) is 9.97 Å². The number of aromatic amines is 1. The number of aromatic nitrogens is 2. The summed E-state index contributed by atoms with van der Waals surface area (Å²) in [6.07, 6.45) is -6.58. The summed E-state index contributed by atoms with van der Waals surface area (Å²) < 4.78 is 63.5. The Hall–Kier alpha value is -4.04. The van der Waals surface area contributed by atoms with Gasteiger partial charge in [-0.25, -0.2) is 9.59 Å². The van der Waals surface area contributed by atoms with Gasteiger partial charge >= 0.3 is 24.3 Å². The summed E-state index contributed by atoms with van der Waals surface area (Å²) >= 11 is 0. The molecule has 0 atom stereocenters. The molecule has 0 bridgehead atoms. The van der Waals surface area contributed by atoms with Gasteiger partial charge in [0.2, 0.25) is 0 Å². The Balaban J connectivity index is 0.000000343. The first-order valence-electron chi connectivity index (χ1n) is 9.14. The van der Waals surface area contributed by atoms with Gasteiger partial charge in [0.25, 0.3) is 0 Å². The predicted molar refractivity (Wildman–Crippen MR) is 110 cm³/mol. The molecular formula is C19H19F6N5O4. The molecule has 0 aliphatic carbocycles. The number of para-hydroxylation sites is 1. The zero-order valence-electron chi connectivity index (χ0n) is 17.1. The number of guanidine groups is 1. The lowest BCUT2D eigenvalue weighted by molar-refractivity contribution is -0.193. The van der Waals surface area contributed by atoms with E-state index in [1.54, 1.807) is 0 Å². The summed E-state index contributed by atoms with van der Waals surface area (Å²) in [6, 6.07) is 10.3. The monoisotopic (exact) mass is 495 g/mol. The molecule has 0 unspecified atom stereocenters. The topological polar surface area (TPSA) is 168 Å². The Morgan fingerprint density at radius 1 is 0.941 bits per heavy atom. The second-order valence-corrected chi connectivity index (χ2v) is 6.37. The van der Waals surface area contributed by atoms with Crippen LogP contribution in [0.1, 0.15) is 12.1 Å². The number of benzene rings is 1. The zero-order chi connectivity index (χ0) is 26.1. The van der Waals surface area contributed by atoms with Crippen molar-refractivity contribution in [1.29, 1.82) is 0 Å². The number of hydrogen-bond donors (Lipinski definition) is 5. The lowest BCUT2D eigenvalue weighted by Gasteiger charge is -2.01. The predicted octanol–water partition coefficient (Wildman–Crippen LogP) is 3.19. The van der Waals surface area contributed by atoms with E-state index < -0.39 is 24.3 Å². The SMILES string of the molecule is NC(N)=NCCCc1nccc2c1[nH]c1ccccc12.O=C(O)C(F)(F)F.O=C(O)C(F)(F)F. The maximum absolute atomic E-state index is 10.6. The van der Waals surface area contributed by atoms with Gasteiger partial charge in [0.15, 0.2) is 5.96 Å². The van der Waals surface area contributed by atoms with E-state index in [4.69, 9.17) is 31.3 Å². The Kier molecular flexibility index (Phi) is 9.65. The van der Waals surface area contributed by atoms with Gasteiger partial charge in [0.1, 0.15) is 0 Å². The number of aliphatic imine (C=N–C) groups is 1. The molecule has 0 aliphatic rings. The zero-order valence-corrected chi connectivity index (χ0v) is 17.1. The highest BCUT2D eigenvalue weighted by atomic mass is 19.4. The van der Waals surface area contributed by atoms with Crippen LogP contribution >= 0.6 is 0 Å². The Bertz CT molecular complexity index is 1130. The third kappa shape index (κ3) is 8.84. The standard InChI is InChI=1S/C15H17N5.2C2HF3O2/c16-15(17)19-8-3-6-13-14-11(7-9-18-13)10-4-1-2-5-12(10)20-14;2*3-2(4,5)1(6)7/h1-2,4-5,7,9,20H,3,6,8H2,(H4,16,17,19);2*(H,6,7). The molecule has 0 radical (unpaired) electrons. The summed E-state index contributed by atoms with van der Waals surface area (Å²) in [5.41, 5.74) is 13.9. The fourth-order valence-electron chi connectivity index (χ4n) is 2.47. The van der Waals surface area contributed by atoms with Crippen LogP contribution in [0.4, 0.5) is 26.3 Å². The quantitative estimate of drug-likeness (QED) is 0.160. The Labute approximate surface area is 187 Å². The molecule has 0 fully saturated rings. The number of alkyl halides is 6. The van der Waals surface area contributed by atoms with Gasteiger partial charge < -0.3 is 26.7 Å². The van der Waals surface area contributed by atoms with E-state index in [1.165, 1.54) is 10.8 Å². The molecule has 3 rings (SSSR count). The van der Waals surface area contributed by atoms with Crippen molar-refractivity contribution in [3.63, 3.8) is 0 Å². The van der Waals surface area contributed by atoms with E-state index in [2.05, 4.69) is 33.2 Å². The molecule has 15 heteroatoms. The van der Waals surface area contributed by atoms with E-state index in [1.807, 2.05) is 18.3 Å². The van der Waals surface area contributed by atoms with Gasteiger partial charge in [-0.15, -0.1) is 0 Å². The largest absolute Gasteiger partial charge is 0.490 e. The van der Waals surface area contributed by atoms with Crippen molar-refractivity contribution in [3.05, 3.63) is 42.2 Å². The second kappa shape index (κ2) is 11.7. The molecule has 3 aromatic rings. The van der Waals surface area contributed by atoms with Gasteiger partial charge in [-0.1, -0.05) is 18.2 Å². The smallest absolute Gasteiger partial charge is 0.475 e. The Morgan fingerprint density at radius 3 is 1.97 bits per heavy atom. The number of nitrogens with two attached hydrogens (primary N) is 2. The highest BCUT2D eigenvalue weighted by Crippen LogP contribution is 2.26. The molecule has 0 spiro atoms. The highest BCUT2D eigenvalue weighted by Gasteiger charge is 2.38. The number of halogens is 6. The average Bonchev–Trinajstić information content (AvgIpc) is 3.10. The van der Waals surface area contributed by atoms with Crippen molar-refractivity contribution in [2.45, 2.75) is 25.2 Å². The van der Waals surface area contributed by atoms with Gasteiger partial charge in [-0.3, -0.25) is 9.98 Å². The molecule has 0 aliphatic heterocycles. The van der Waals surface area contributed by atoms with Gasteiger partial charge in [-0.2, -0.15) is 26.3 Å². The summed E-state index contributed by atoms with van der Waals surface area (Å²) in [5, 5.41) is 16.7. The van der Waals surface area contributed by atoms with Crippen molar-refractivity contribution >= 4 is 39.7 Å². The minimum atomic E-state index is -5.08. The van der Waals surface area contributed by atoms with E-state index >= 15 is 0 Å². The first-order valence-corrected chi connectivity index (χ1v) is 9.14. The number of aliphatic carboxylic acids is 2. The van der Waals surface area contributed by atoms with Crippen LogP contribution in [0.15, 0.2) is 41.5 Å². The summed E-state index contributed by atoms with van der Waals surface area (Å²) in [4.78, 5) is 29.7. The number of carboxylic acid groups (broad SMARTS) is 2. The number of carboxylic acids is 2. The highest BCUT2D eigenvalue weighted by molar-refractivity contribution is 6.07. The Morgan fingerprint density at radius 2 is 1.47 bits per heavy atom. The number of nitrogens with one attached hydrogen (secondary N) is 1. The molecule has 186 valence electrons. The van der Waals surface area contributed by atoms with E-state index in [-0.39, 0.29) is 5.96 Å². The minimum absolute atomic E-state index is 0.141. The number of fused-ring (bicyclic) bond motifs is 3. The second-order valence-electron chi connectivity index (χ2n) is 6.37. The van der Waals surface area contributed by atoms with Crippen LogP contribution < -0.4 is 11.5 Å². The summed E-state index contributed by atoms with van der Waals surface area (Å²) in [7, 11) is 0. The number of pyridine rings is 1. The average molecular weight is 495 g/mol. The normalized spacial score (nSPS) is 11.1. The molecule has 1 aromatic carbocycles. The van der Waals surface area contributed by atoms with Crippen LogP contribution in [0.25, 0.3) is 21.8 Å². The molecule has 7 N–H and O–H groups in total. The van der Waals surface area contributed by atoms with Gasteiger partial charge in [0.05, 0.1) is 11.2 Å². The first-order chi connectivity index (χ1) is 15.6. The number of aryl methyl sites for hydroxylation is 1. The van der Waals surface area contributed by atoms with Crippen LogP contribution in [-0.4, -0.2) is 57.0 Å². The lowest BCUT2D eigenvalue weighted by Crippen LogP contribution is -2.23. The molecule has 34 heavy (non-hydrogen) atoms. The molecule has 0 saturated carbocycles. The third-order valence-electron chi connectivity index (χ3n) is 3.86. The van der Waals surface area contributed by atoms with Crippen LogP contribution in [0.3, 0.4) is 0 Å². The fourth-order valence-corrected chi connectivity index (χ4v) is 2.47. The van der Waals surface area contributed by atoms with Crippen LogP contribution in [0.5, 0.6) is 0 Å². The number of hydrogen-bond acceptors (Lipinski definition) is 4. The third-order valence-corrected chi connectivity index (χ3v) is 3.86.